The lowest BCUT2D eigenvalue weighted by molar-refractivity contribution is 0.0833. The van der Waals surface area contributed by atoms with Crippen LogP contribution >= 0.6 is 0 Å². The first kappa shape index (κ1) is 10.5. The Morgan fingerprint density at radius 3 is 2.94 bits per heavy atom. The molecule has 3 rings (SSSR count). The van der Waals surface area contributed by atoms with Crippen molar-refractivity contribution in [3.05, 3.63) is 29.6 Å². The summed E-state index contributed by atoms with van der Waals surface area (Å²) in [6.45, 7) is 1.91. The predicted octanol–water partition coefficient (Wildman–Crippen LogP) is 1.79. The van der Waals surface area contributed by atoms with E-state index in [1.54, 1.807) is 0 Å². The molecule has 3 N–H and O–H groups in total. The number of hydrogen-bond acceptors (Lipinski definition) is 3. The van der Waals surface area contributed by atoms with Crippen LogP contribution in [-0.2, 0) is 0 Å². The first-order chi connectivity index (χ1) is 8.13. The quantitative estimate of drug-likeness (QED) is 0.771. The van der Waals surface area contributed by atoms with Crippen LogP contribution in [0.4, 0.5) is 0 Å². The molecule has 1 aliphatic carbocycles. The van der Waals surface area contributed by atoms with Gasteiger partial charge in [-0.15, -0.1) is 0 Å². The maximum atomic E-state index is 12.1. The van der Waals surface area contributed by atoms with Gasteiger partial charge in [-0.05, 0) is 38.0 Å². The Morgan fingerprint density at radius 2 is 2.24 bits per heavy atom. The number of nitrogens with one attached hydrogen (secondary N) is 1. The number of hydrogen-bond donors (Lipinski definition) is 2. The number of nitrogens with two attached hydrogens (primary N) is 1. The Bertz CT molecular complexity index is 581. The molecule has 4 heteroatoms. The summed E-state index contributed by atoms with van der Waals surface area (Å²) in [6.07, 6.45) is 1.64. The molecule has 1 aliphatic rings. The predicted molar refractivity (Wildman–Crippen MR) is 65.9 cm³/mol. The maximum Gasteiger partial charge on any atom is 0.166 e. The number of carbonyl (C=O) groups excluding carboxylic acids is 1. The Balaban J connectivity index is 1.92. The van der Waals surface area contributed by atoms with E-state index >= 15 is 0 Å². The van der Waals surface area contributed by atoms with E-state index in [4.69, 9.17) is 5.73 Å². The van der Waals surface area contributed by atoms with Gasteiger partial charge in [-0.3, -0.25) is 4.79 Å². The van der Waals surface area contributed by atoms with Gasteiger partial charge in [0.15, 0.2) is 5.78 Å². The van der Waals surface area contributed by atoms with E-state index in [1.165, 1.54) is 0 Å². The highest BCUT2D eigenvalue weighted by atomic mass is 16.1. The molecule has 0 amide bonds. The number of imidazole rings is 1. The van der Waals surface area contributed by atoms with Crippen LogP contribution in [0.1, 0.15) is 29.0 Å². The number of carbonyl (C=O) groups is 1. The van der Waals surface area contributed by atoms with Crippen molar-refractivity contribution in [3.8, 4) is 0 Å². The zero-order valence-corrected chi connectivity index (χ0v) is 9.73. The lowest BCUT2D eigenvalue weighted by Crippen LogP contribution is -2.40. The van der Waals surface area contributed by atoms with Crippen LogP contribution in [0.3, 0.4) is 0 Å². The van der Waals surface area contributed by atoms with Gasteiger partial charge >= 0.3 is 0 Å². The molecule has 0 bridgehead atoms. The number of Topliss-reactive ketones (excluding diaryl/α,β-unsaturated/α-hetero) is 1. The molecule has 4 nitrogen and oxygen atoms in total. The van der Waals surface area contributed by atoms with E-state index in [9.17, 15) is 4.79 Å². The number of rotatable bonds is 2. The van der Waals surface area contributed by atoms with Crippen molar-refractivity contribution >= 4 is 16.8 Å². The molecule has 0 spiro atoms. The zero-order valence-electron chi connectivity index (χ0n) is 9.73. The molecule has 0 aliphatic heterocycles. The number of aryl methyl sites for hydroxylation is 1. The van der Waals surface area contributed by atoms with Crippen LogP contribution in [0.25, 0.3) is 11.0 Å². The fourth-order valence-electron chi connectivity index (χ4n) is 2.40. The van der Waals surface area contributed by atoms with E-state index in [0.717, 1.165) is 35.3 Å². The van der Waals surface area contributed by atoms with Crippen molar-refractivity contribution in [3.63, 3.8) is 0 Å². The van der Waals surface area contributed by atoms with Gasteiger partial charge in [-0.25, -0.2) is 4.98 Å². The number of ketones is 1. The zero-order chi connectivity index (χ0) is 12.0. The maximum absolute atomic E-state index is 12.1. The third-order valence-electron chi connectivity index (χ3n) is 3.43. The monoisotopic (exact) mass is 229 g/mol. The third kappa shape index (κ3) is 1.74. The molecule has 1 saturated carbocycles. The molecule has 0 unspecified atom stereocenters. The van der Waals surface area contributed by atoms with E-state index in [0.29, 0.717) is 0 Å². The van der Waals surface area contributed by atoms with Gasteiger partial charge in [0.1, 0.15) is 5.82 Å². The first-order valence-electron chi connectivity index (χ1n) is 5.89. The van der Waals surface area contributed by atoms with Gasteiger partial charge in [0, 0.05) is 17.5 Å². The molecule has 0 radical (unpaired) electrons. The van der Waals surface area contributed by atoms with E-state index < -0.39 is 0 Å². The minimum Gasteiger partial charge on any atom is -0.342 e. The van der Waals surface area contributed by atoms with Crippen molar-refractivity contribution < 1.29 is 4.79 Å². The fourth-order valence-corrected chi connectivity index (χ4v) is 2.40. The van der Waals surface area contributed by atoms with Crippen molar-refractivity contribution in [2.24, 2.45) is 11.7 Å². The molecular formula is C13H15N3O. The molecule has 1 aromatic carbocycles. The second-order valence-corrected chi connectivity index (χ2v) is 4.85. The molecule has 1 fully saturated rings. The van der Waals surface area contributed by atoms with E-state index in [1.807, 2.05) is 25.1 Å². The first-order valence-corrected chi connectivity index (χ1v) is 5.89. The van der Waals surface area contributed by atoms with Gasteiger partial charge in [0.2, 0.25) is 0 Å². The van der Waals surface area contributed by atoms with Crippen molar-refractivity contribution in [2.45, 2.75) is 25.8 Å². The minimum atomic E-state index is 0.117. The summed E-state index contributed by atoms with van der Waals surface area (Å²) in [4.78, 5) is 19.6. The summed E-state index contributed by atoms with van der Waals surface area (Å²) in [5, 5.41) is 0. The number of aromatic nitrogens is 2. The van der Waals surface area contributed by atoms with Crippen LogP contribution in [0.2, 0.25) is 0 Å². The number of H-pyrrole nitrogens is 1. The average Bonchev–Trinajstić information content (AvgIpc) is 2.62. The summed E-state index contributed by atoms with van der Waals surface area (Å²) >= 11 is 0. The lowest BCUT2D eigenvalue weighted by atomic mass is 9.76. The summed E-state index contributed by atoms with van der Waals surface area (Å²) in [6, 6.07) is 5.85. The largest absolute Gasteiger partial charge is 0.342 e. The van der Waals surface area contributed by atoms with Gasteiger partial charge in [0.05, 0.1) is 11.0 Å². The Labute approximate surface area is 99.2 Å². The molecule has 88 valence electrons. The van der Waals surface area contributed by atoms with Gasteiger partial charge in [-0.2, -0.15) is 0 Å². The number of aromatic amines is 1. The highest BCUT2D eigenvalue weighted by molar-refractivity contribution is 6.00. The molecule has 2 aromatic rings. The fraction of sp³-hybridized carbons (Fsp3) is 0.385. The van der Waals surface area contributed by atoms with Crippen molar-refractivity contribution in [2.75, 3.05) is 0 Å². The highest BCUT2D eigenvalue weighted by Crippen LogP contribution is 2.29. The van der Waals surface area contributed by atoms with E-state index in [-0.39, 0.29) is 17.7 Å². The Hall–Kier alpha value is -1.68. The Morgan fingerprint density at radius 1 is 1.47 bits per heavy atom. The summed E-state index contributed by atoms with van der Waals surface area (Å²) in [7, 11) is 0. The smallest absolute Gasteiger partial charge is 0.166 e. The SMILES string of the molecule is Cc1nc2ccc(C(=O)C3CC(N)C3)cc2[nH]1. The second-order valence-electron chi connectivity index (χ2n) is 4.85. The molecule has 1 heterocycles. The van der Waals surface area contributed by atoms with E-state index in [2.05, 4.69) is 9.97 Å². The van der Waals surface area contributed by atoms with Crippen molar-refractivity contribution in [1.29, 1.82) is 0 Å². The number of fused-ring (bicyclic) bond motifs is 1. The lowest BCUT2D eigenvalue weighted by Gasteiger charge is -2.31. The number of nitrogens with zero attached hydrogens (tertiary/aromatic N) is 1. The van der Waals surface area contributed by atoms with Gasteiger partial charge < -0.3 is 10.7 Å². The average molecular weight is 229 g/mol. The molecule has 0 atom stereocenters. The summed E-state index contributed by atoms with van der Waals surface area (Å²) < 4.78 is 0. The molecule has 17 heavy (non-hydrogen) atoms. The topological polar surface area (TPSA) is 71.8 Å². The van der Waals surface area contributed by atoms with Gasteiger partial charge in [0.25, 0.3) is 0 Å². The molecular weight excluding hydrogens is 214 g/mol. The highest BCUT2D eigenvalue weighted by Gasteiger charge is 2.32. The van der Waals surface area contributed by atoms with Crippen LogP contribution in [0.15, 0.2) is 18.2 Å². The number of benzene rings is 1. The van der Waals surface area contributed by atoms with Crippen LogP contribution in [0.5, 0.6) is 0 Å². The minimum absolute atomic E-state index is 0.117. The second kappa shape index (κ2) is 3.67. The van der Waals surface area contributed by atoms with Crippen molar-refractivity contribution in [1.82, 2.24) is 9.97 Å². The summed E-state index contributed by atoms with van der Waals surface area (Å²) in [5.41, 5.74) is 8.31. The molecule has 1 aromatic heterocycles. The normalized spacial score (nSPS) is 23.6. The Kier molecular flexibility index (Phi) is 2.26. The van der Waals surface area contributed by atoms with Crippen LogP contribution in [-0.4, -0.2) is 21.8 Å². The summed E-state index contributed by atoms with van der Waals surface area (Å²) in [5.74, 6) is 1.20. The van der Waals surface area contributed by atoms with Crippen LogP contribution < -0.4 is 5.73 Å². The standard InChI is InChI=1S/C13H15N3O/c1-7-15-11-3-2-8(6-12(11)16-7)13(17)9-4-10(14)5-9/h2-3,6,9-10H,4-5,14H2,1H3,(H,15,16). The van der Waals surface area contributed by atoms with Crippen LogP contribution in [0, 0.1) is 12.8 Å². The third-order valence-corrected chi connectivity index (χ3v) is 3.43. The van der Waals surface area contributed by atoms with Gasteiger partial charge in [-0.1, -0.05) is 0 Å². The molecule has 0 saturated heterocycles.